The molecule has 0 spiro atoms. The van der Waals surface area contributed by atoms with E-state index in [-0.39, 0.29) is 5.91 Å². The van der Waals surface area contributed by atoms with Gasteiger partial charge < -0.3 is 14.5 Å². The maximum absolute atomic E-state index is 13.1. The molecule has 154 valence electrons. The van der Waals surface area contributed by atoms with Gasteiger partial charge in [0.1, 0.15) is 10.8 Å². The summed E-state index contributed by atoms with van der Waals surface area (Å²) in [7, 11) is 0. The van der Waals surface area contributed by atoms with Crippen LogP contribution >= 0.6 is 11.3 Å². The molecule has 2 aliphatic heterocycles. The second-order valence-electron chi connectivity index (χ2n) is 7.85. The second-order valence-corrected chi connectivity index (χ2v) is 8.71. The topological polar surface area (TPSA) is 45.7 Å². The van der Waals surface area contributed by atoms with Crippen molar-refractivity contribution in [2.45, 2.75) is 31.9 Å². The first-order chi connectivity index (χ1) is 14.8. The molecular formula is C24H25N3O2S. The molecule has 0 saturated carbocycles. The zero-order valence-electron chi connectivity index (χ0n) is 16.9. The first-order valence-electron chi connectivity index (χ1n) is 10.6. The van der Waals surface area contributed by atoms with Gasteiger partial charge in [0.15, 0.2) is 6.10 Å². The molecule has 0 aliphatic carbocycles. The molecule has 1 fully saturated rings. The number of amides is 1. The summed E-state index contributed by atoms with van der Waals surface area (Å²) < 4.78 is 6.14. The van der Waals surface area contributed by atoms with Crippen molar-refractivity contribution in [3.63, 3.8) is 0 Å². The number of carbonyl (C=O) groups is 1. The monoisotopic (exact) mass is 419 g/mol. The summed E-state index contributed by atoms with van der Waals surface area (Å²) in [5, 5.41) is 3.13. The number of hydrogen-bond donors (Lipinski definition) is 0. The number of para-hydroxylation sites is 2. The smallest absolute Gasteiger partial charge is 0.265 e. The zero-order valence-corrected chi connectivity index (χ0v) is 17.7. The Morgan fingerprint density at radius 2 is 1.80 bits per heavy atom. The lowest BCUT2D eigenvalue weighted by Gasteiger charge is -2.38. The molecule has 1 saturated heterocycles. The van der Waals surface area contributed by atoms with Crippen LogP contribution in [0.15, 0.2) is 60.0 Å². The van der Waals surface area contributed by atoms with Crippen LogP contribution in [0.25, 0.3) is 10.6 Å². The summed E-state index contributed by atoms with van der Waals surface area (Å²) >= 11 is 1.66. The van der Waals surface area contributed by atoms with E-state index in [0.717, 1.165) is 53.6 Å². The van der Waals surface area contributed by atoms with E-state index < -0.39 is 6.10 Å². The van der Waals surface area contributed by atoms with E-state index in [1.165, 1.54) is 6.42 Å². The molecule has 3 aromatic rings. The van der Waals surface area contributed by atoms with E-state index in [1.807, 2.05) is 41.3 Å². The van der Waals surface area contributed by atoms with Gasteiger partial charge in [-0.1, -0.05) is 42.5 Å². The van der Waals surface area contributed by atoms with Crippen LogP contribution in [0, 0.1) is 0 Å². The highest BCUT2D eigenvalue weighted by atomic mass is 32.1. The Balaban J connectivity index is 1.37. The third kappa shape index (κ3) is 3.92. The minimum Gasteiger partial charge on any atom is -0.477 e. The standard InChI is InChI=1S/C24H25N3O2S/c28-24(26-13-7-2-8-14-26)22-16-27(20-11-5-6-12-21(20)29-22)15-19-17-30-23(25-19)18-9-3-1-4-10-18/h1,3-6,9-12,17,22H,2,7-8,13-16H2. The zero-order chi connectivity index (χ0) is 20.3. The first-order valence-corrected chi connectivity index (χ1v) is 11.4. The highest BCUT2D eigenvalue weighted by Gasteiger charge is 2.34. The van der Waals surface area contributed by atoms with Crippen LogP contribution in [0.4, 0.5) is 5.69 Å². The maximum atomic E-state index is 13.1. The Labute approximate surface area is 180 Å². The Morgan fingerprint density at radius 3 is 2.63 bits per heavy atom. The number of nitrogens with zero attached hydrogens (tertiary/aromatic N) is 3. The number of fused-ring (bicyclic) bond motifs is 1. The fraction of sp³-hybridized carbons (Fsp3) is 0.333. The van der Waals surface area contributed by atoms with Crippen LogP contribution in [0.1, 0.15) is 25.0 Å². The molecule has 1 unspecified atom stereocenters. The van der Waals surface area contributed by atoms with E-state index >= 15 is 0 Å². The van der Waals surface area contributed by atoms with Crippen molar-refractivity contribution in [1.29, 1.82) is 0 Å². The number of anilines is 1. The van der Waals surface area contributed by atoms with Crippen molar-refractivity contribution in [1.82, 2.24) is 9.88 Å². The quantitative estimate of drug-likeness (QED) is 0.621. The predicted molar refractivity (Wildman–Crippen MR) is 120 cm³/mol. The van der Waals surface area contributed by atoms with Crippen LogP contribution in [-0.2, 0) is 11.3 Å². The molecule has 5 nitrogen and oxygen atoms in total. The molecule has 2 aliphatic rings. The number of benzene rings is 2. The minimum atomic E-state index is -0.467. The summed E-state index contributed by atoms with van der Waals surface area (Å²) in [6.45, 7) is 2.89. The van der Waals surface area contributed by atoms with Crippen molar-refractivity contribution in [3.8, 4) is 16.3 Å². The summed E-state index contributed by atoms with van der Waals surface area (Å²) in [5.74, 6) is 0.884. The van der Waals surface area contributed by atoms with Gasteiger partial charge in [-0.2, -0.15) is 0 Å². The SMILES string of the molecule is O=C(C1CN(Cc2csc(-c3ccccc3)n2)c2ccccc2O1)N1CCCCC1. The van der Waals surface area contributed by atoms with Crippen molar-refractivity contribution < 1.29 is 9.53 Å². The minimum absolute atomic E-state index is 0.109. The van der Waals surface area contributed by atoms with Crippen molar-refractivity contribution in [3.05, 3.63) is 65.7 Å². The van der Waals surface area contributed by atoms with Gasteiger partial charge in [-0.3, -0.25) is 4.79 Å². The van der Waals surface area contributed by atoms with Crippen LogP contribution in [0.3, 0.4) is 0 Å². The van der Waals surface area contributed by atoms with E-state index in [0.29, 0.717) is 13.1 Å². The summed E-state index contributed by atoms with van der Waals surface area (Å²) in [5.41, 5.74) is 3.17. The number of piperidine rings is 1. The number of likely N-dealkylation sites (tertiary alicyclic amines) is 1. The Kier molecular flexibility index (Phi) is 5.41. The van der Waals surface area contributed by atoms with Gasteiger partial charge in [0.2, 0.25) is 0 Å². The largest absolute Gasteiger partial charge is 0.477 e. The second kappa shape index (κ2) is 8.48. The van der Waals surface area contributed by atoms with Gasteiger partial charge in [-0.15, -0.1) is 11.3 Å². The molecule has 1 atom stereocenters. The fourth-order valence-corrected chi connectivity index (χ4v) is 5.01. The molecule has 3 heterocycles. The highest BCUT2D eigenvalue weighted by Crippen LogP contribution is 2.35. The highest BCUT2D eigenvalue weighted by molar-refractivity contribution is 7.13. The van der Waals surface area contributed by atoms with Gasteiger partial charge in [0, 0.05) is 24.0 Å². The average molecular weight is 420 g/mol. The van der Waals surface area contributed by atoms with Crippen LogP contribution in [-0.4, -0.2) is 41.5 Å². The van der Waals surface area contributed by atoms with Gasteiger partial charge in [0.05, 0.1) is 24.5 Å². The number of rotatable bonds is 4. The van der Waals surface area contributed by atoms with Crippen molar-refractivity contribution in [2.24, 2.45) is 0 Å². The molecule has 0 radical (unpaired) electrons. The molecule has 30 heavy (non-hydrogen) atoms. The van der Waals surface area contributed by atoms with E-state index in [4.69, 9.17) is 9.72 Å². The molecular weight excluding hydrogens is 394 g/mol. The van der Waals surface area contributed by atoms with Gasteiger partial charge in [-0.05, 0) is 31.4 Å². The van der Waals surface area contributed by atoms with E-state index in [2.05, 4.69) is 28.5 Å². The fourth-order valence-electron chi connectivity index (χ4n) is 4.19. The molecule has 6 heteroatoms. The number of ether oxygens (including phenoxy) is 1. The molecule has 2 aromatic carbocycles. The lowest BCUT2D eigenvalue weighted by Crippen LogP contribution is -2.51. The van der Waals surface area contributed by atoms with Gasteiger partial charge in [0.25, 0.3) is 5.91 Å². The number of hydrogen-bond acceptors (Lipinski definition) is 5. The molecule has 1 amide bonds. The van der Waals surface area contributed by atoms with Gasteiger partial charge in [-0.25, -0.2) is 4.98 Å². The molecule has 5 rings (SSSR count). The van der Waals surface area contributed by atoms with E-state index in [1.54, 1.807) is 11.3 Å². The Bertz CT molecular complexity index is 1010. The maximum Gasteiger partial charge on any atom is 0.265 e. The lowest BCUT2D eigenvalue weighted by molar-refractivity contribution is -0.139. The number of thiazole rings is 1. The van der Waals surface area contributed by atoms with Crippen LogP contribution < -0.4 is 9.64 Å². The van der Waals surface area contributed by atoms with E-state index in [9.17, 15) is 4.79 Å². The number of aromatic nitrogens is 1. The van der Waals surface area contributed by atoms with Crippen molar-refractivity contribution >= 4 is 22.9 Å². The third-order valence-corrected chi connectivity index (χ3v) is 6.67. The number of carbonyl (C=O) groups excluding carboxylic acids is 1. The van der Waals surface area contributed by atoms with Crippen LogP contribution in [0.5, 0.6) is 5.75 Å². The summed E-state index contributed by atoms with van der Waals surface area (Å²) in [6, 6.07) is 18.2. The normalized spacial score (nSPS) is 18.6. The predicted octanol–water partition coefficient (Wildman–Crippen LogP) is 4.59. The Hall–Kier alpha value is -2.86. The molecule has 1 aromatic heterocycles. The van der Waals surface area contributed by atoms with Gasteiger partial charge >= 0.3 is 0 Å². The average Bonchev–Trinajstić information content (AvgIpc) is 3.28. The van der Waals surface area contributed by atoms with Crippen LogP contribution in [0.2, 0.25) is 0 Å². The lowest BCUT2D eigenvalue weighted by atomic mass is 10.1. The summed E-state index contributed by atoms with van der Waals surface area (Å²) in [4.78, 5) is 22.2. The van der Waals surface area contributed by atoms with Crippen molar-refractivity contribution in [2.75, 3.05) is 24.5 Å². The molecule has 0 bridgehead atoms. The third-order valence-electron chi connectivity index (χ3n) is 5.73. The first kappa shape index (κ1) is 19.1. The molecule has 0 N–H and O–H groups in total. The Morgan fingerprint density at radius 1 is 1.03 bits per heavy atom. The summed E-state index contributed by atoms with van der Waals surface area (Å²) in [6.07, 6.45) is 2.91.